The van der Waals surface area contributed by atoms with Crippen molar-refractivity contribution in [2.45, 2.75) is 18.9 Å². The molecule has 22 heavy (non-hydrogen) atoms. The van der Waals surface area contributed by atoms with Gasteiger partial charge in [0.15, 0.2) is 6.10 Å². The molecule has 0 aliphatic heterocycles. The molecule has 0 aromatic heterocycles. The van der Waals surface area contributed by atoms with Gasteiger partial charge in [-0.15, -0.1) is 6.58 Å². The van der Waals surface area contributed by atoms with Gasteiger partial charge < -0.3 is 9.84 Å². The van der Waals surface area contributed by atoms with E-state index >= 15 is 0 Å². The van der Waals surface area contributed by atoms with Crippen molar-refractivity contribution in [3.8, 4) is 16.9 Å². The van der Waals surface area contributed by atoms with Crippen molar-refractivity contribution in [3.63, 3.8) is 0 Å². The molecule has 4 heteroatoms. The SMILES string of the molecule is C=CCCC(Oc1ccc(-c2cccc(F)c2)cc1)C(=O)O. The fourth-order valence-electron chi connectivity index (χ4n) is 2.06. The van der Waals surface area contributed by atoms with Crippen molar-refractivity contribution in [1.29, 1.82) is 0 Å². The van der Waals surface area contributed by atoms with Crippen molar-refractivity contribution >= 4 is 5.97 Å². The molecule has 114 valence electrons. The van der Waals surface area contributed by atoms with Crippen LogP contribution in [0.15, 0.2) is 61.2 Å². The molecule has 0 radical (unpaired) electrons. The van der Waals surface area contributed by atoms with E-state index in [9.17, 15) is 9.18 Å². The predicted octanol–water partition coefficient (Wildman–Crippen LogP) is 4.29. The molecule has 0 spiro atoms. The number of aliphatic carboxylic acids is 1. The van der Waals surface area contributed by atoms with Gasteiger partial charge in [-0.3, -0.25) is 0 Å². The Bertz CT molecular complexity index is 650. The van der Waals surface area contributed by atoms with Gasteiger partial charge in [0.05, 0.1) is 0 Å². The topological polar surface area (TPSA) is 46.5 Å². The first-order valence-corrected chi connectivity index (χ1v) is 6.96. The van der Waals surface area contributed by atoms with E-state index in [1.807, 2.05) is 6.07 Å². The summed E-state index contributed by atoms with van der Waals surface area (Å²) in [6, 6.07) is 13.2. The van der Waals surface area contributed by atoms with E-state index in [1.165, 1.54) is 12.1 Å². The van der Waals surface area contributed by atoms with E-state index in [0.717, 1.165) is 11.1 Å². The largest absolute Gasteiger partial charge is 0.479 e. The van der Waals surface area contributed by atoms with Crippen molar-refractivity contribution in [3.05, 3.63) is 67.0 Å². The first kappa shape index (κ1) is 15.8. The Balaban J connectivity index is 2.11. The monoisotopic (exact) mass is 300 g/mol. The van der Waals surface area contributed by atoms with Crippen LogP contribution < -0.4 is 4.74 Å². The molecule has 3 nitrogen and oxygen atoms in total. The maximum Gasteiger partial charge on any atom is 0.344 e. The summed E-state index contributed by atoms with van der Waals surface area (Å²) in [5.74, 6) is -0.833. The fourth-order valence-corrected chi connectivity index (χ4v) is 2.06. The van der Waals surface area contributed by atoms with Crippen molar-refractivity contribution in [1.82, 2.24) is 0 Å². The number of hydrogen-bond acceptors (Lipinski definition) is 2. The highest BCUT2D eigenvalue weighted by Crippen LogP contribution is 2.24. The van der Waals surface area contributed by atoms with E-state index in [2.05, 4.69) is 6.58 Å². The van der Waals surface area contributed by atoms with Crippen molar-refractivity contribution in [2.75, 3.05) is 0 Å². The highest BCUT2D eigenvalue weighted by Gasteiger charge is 2.18. The molecular weight excluding hydrogens is 283 g/mol. The summed E-state index contributed by atoms with van der Waals surface area (Å²) >= 11 is 0. The van der Waals surface area contributed by atoms with Crippen LogP contribution in [0.25, 0.3) is 11.1 Å². The van der Waals surface area contributed by atoms with Gasteiger partial charge in [-0.25, -0.2) is 9.18 Å². The molecular formula is C18H17FO3. The molecule has 0 bridgehead atoms. The van der Waals surface area contributed by atoms with Crippen LogP contribution in [0.1, 0.15) is 12.8 Å². The Morgan fingerprint density at radius 3 is 2.55 bits per heavy atom. The lowest BCUT2D eigenvalue weighted by atomic mass is 10.1. The minimum atomic E-state index is -1.00. The number of rotatable bonds is 7. The summed E-state index contributed by atoms with van der Waals surface area (Å²) < 4.78 is 18.7. The van der Waals surface area contributed by atoms with Gasteiger partial charge in [-0.05, 0) is 48.2 Å². The number of carbonyl (C=O) groups is 1. The fraction of sp³-hybridized carbons (Fsp3) is 0.167. The Morgan fingerprint density at radius 1 is 1.23 bits per heavy atom. The smallest absolute Gasteiger partial charge is 0.344 e. The predicted molar refractivity (Wildman–Crippen MR) is 83.3 cm³/mol. The van der Waals surface area contributed by atoms with Gasteiger partial charge in [0.2, 0.25) is 0 Å². The van der Waals surface area contributed by atoms with Crippen LogP contribution in [0.4, 0.5) is 4.39 Å². The number of halogens is 1. The maximum absolute atomic E-state index is 13.2. The van der Waals surface area contributed by atoms with Gasteiger partial charge in [-0.2, -0.15) is 0 Å². The molecule has 0 aliphatic rings. The van der Waals surface area contributed by atoms with E-state index in [4.69, 9.17) is 9.84 Å². The van der Waals surface area contributed by atoms with Crippen LogP contribution in [0.2, 0.25) is 0 Å². The molecule has 1 N–H and O–H groups in total. The van der Waals surface area contributed by atoms with Crippen molar-refractivity contribution in [2.24, 2.45) is 0 Å². The summed E-state index contributed by atoms with van der Waals surface area (Å²) in [4.78, 5) is 11.1. The van der Waals surface area contributed by atoms with E-state index in [-0.39, 0.29) is 5.82 Å². The number of carboxylic acids is 1. The highest BCUT2D eigenvalue weighted by molar-refractivity contribution is 5.73. The average molecular weight is 300 g/mol. The molecule has 0 aliphatic carbocycles. The minimum Gasteiger partial charge on any atom is -0.479 e. The Labute approximate surface area is 128 Å². The molecule has 2 rings (SSSR count). The molecule has 0 fully saturated rings. The number of allylic oxidation sites excluding steroid dienone is 1. The zero-order valence-electron chi connectivity index (χ0n) is 12.0. The first-order chi connectivity index (χ1) is 10.6. The normalized spacial score (nSPS) is 11.7. The molecule has 1 atom stereocenters. The Hall–Kier alpha value is -2.62. The third kappa shape index (κ3) is 4.19. The first-order valence-electron chi connectivity index (χ1n) is 6.96. The lowest BCUT2D eigenvalue weighted by molar-refractivity contribution is -0.145. The second kappa shape index (κ2) is 7.41. The number of hydrogen-bond donors (Lipinski definition) is 1. The number of carboxylic acid groups (broad SMARTS) is 1. The quantitative estimate of drug-likeness (QED) is 0.776. The maximum atomic E-state index is 13.2. The zero-order valence-corrected chi connectivity index (χ0v) is 12.0. The zero-order chi connectivity index (χ0) is 15.9. The van der Waals surface area contributed by atoms with Gasteiger partial charge in [0.25, 0.3) is 0 Å². The standard InChI is InChI=1S/C18H17FO3/c1-2-3-7-17(18(20)21)22-16-10-8-13(9-11-16)14-5-4-6-15(19)12-14/h2,4-6,8-12,17H,1,3,7H2,(H,20,21). The van der Waals surface area contributed by atoms with Gasteiger partial charge >= 0.3 is 5.97 Å². The summed E-state index contributed by atoms with van der Waals surface area (Å²) in [5.41, 5.74) is 1.60. The van der Waals surface area contributed by atoms with Crippen LogP contribution >= 0.6 is 0 Å². The molecule has 0 heterocycles. The molecule has 0 saturated heterocycles. The molecule has 0 amide bonds. The van der Waals surface area contributed by atoms with Crippen LogP contribution in [-0.4, -0.2) is 17.2 Å². The van der Waals surface area contributed by atoms with Crippen LogP contribution in [-0.2, 0) is 4.79 Å². The molecule has 1 unspecified atom stereocenters. The Kier molecular flexibility index (Phi) is 5.31. The second-order valence-electron chi connectivity index (χ2n) is 4.85. The van der Waals surface area contributed by atoms with Crippen LogP contribution in [0, 0.1) is 5.82 Å². The highest BCUT2D eigenvalue weighted by atomic mass is 19.1. The lowest BCUT2D eigenvalue weighted by Gasteiger charge is -2.14. The van der Waals surface area contributed by atoms with Gasteiger partial charge in [0, 0.05) is 0 Å². The van der Waals surface area contributed by atoms with Gasteiger partial charge in [0.1, 0.15) is 11.6 Å². The average Bonchev–Trinajstić information content (AvgIpc) is 2.51. The number of benzene rings is 2. The van der Waals surface area contributed by atoms with Crippen LogP contribution in [0.3, 0.4) is 0 Å². The summed E-state index contributed by atoms with van der Waals surface area (Å²) in [6.45, 7) is 3.57. The van der Waals surface area contributed by atoms with Crippen LogP contribution in [0.5, 0.6) is 5.75 Å². The minimum absolute atomic E-state index is 0.298. The lowest BCUT2D eigenvalue weighted by Crippen LogP contribution is -2.26. The van der Waals surface area contributed by atoms with Crippen molar-refractivity contribution < 1.29 is 19.0 Å². The summed E-state index contributed by atoms with van der Waals surface area (Å²) in [6.07, 6.45) is 1.69. The second-order valence-corrected chi connectivity index (χ2v) is 4.85. The third-order valence-corrected chi connectivity index (χ3v) is 3.20. The number of ether oxygens (including phenoxy) is 1. The van der Waals surface area contributed by atoms with Gasteiger partial charge in [-0.1, -0.05) is 30.3 Å². The molecule has 2 aromatic rings. The molecule has 2 aromatic carbocycles. The summed E-state index contributed by atoms with van der Waals surface area (Å²) in [5, 5.41) is 9.12. The van der Waals surface area contributed by atoms with E-state index in [1.54, 1.807) is 36.4 Å². The van der Waals surface area contributed by atoms with E-state index < -0.39 is 12.1 Å². The molecule has 0 saturated carbocycles. The third-order valence-electron chi connectivity index (χ3n) is 3.20. The Morgan fingerprint density at radius 2 is 1.95 bits per heavy atom. The summed E-state index contributed by atoms with van der Waals surface area (Å²) in [7, 11) is 0. The van der Waals surface area contributed by atoms with E-state index in [0.29, 0.717) is 18.6 Å².